The lowest BCUT2D eigenvalue weighted by Gasteiger charge is -2.14. The van der Waals surface area contributed by atoms with Crippen LogP contribution in [0.5, 0.6) is 0 Å². The SMILES string of the molecule is c1cc(-c2cccc(-c3ccc4c5ccc(-c6cccc7ccccc67)cc5c5ccccc5c4c3)c2)cc(-c2ccc3oc4cc5c(cc4c3c2)oc2ccccc25)c1. The van der Waals surface area contributed by atoms with Gasteiger partial charge < -0.3 is 8.83 Å². The summed E-state index contributed by atoms with van der Waals surface area (Å²) in [5.41, 5.74) is 13.1. The van der Waals surface area contributed by atoms with E-state index in [1.165, 1.54) is 76.5 Å². The summed E-state index contributed by atoms with van der Waals surface area (Å²) in [6, 6.07) is 74.8. The normalized spacial score (nSPS) is 12.0. The van der Waals surface area contributed by atoms with Crippen LogP contribution in [0.3, 0.4) is 0 Å². The number of hydrogen-bond acceptors (Lipinski definition) is 2. The molecule has 13 aromatic rings. The highest BCUT2D eigenvalue weighted by Gasteiger charge is 2.16. The molecule has 0 saturated heterocycles. The maximum absolute atomic E-state index is 6.38. The monoisotopic (exact) mass is 762 g/mol. The highest BCUT2D eigenvalue weighted by Crippen LogP contribution is 2.42. The molecule has 278 valence electrons. The summed E-state index contributed by atoms with van der Waals surface area (Å²) in [5.74, 6) is 0. The zero-order valence-electron chi connectivity index (χ0n) is 32.4. The van der Waals surface area contributed by atoms with Crippen molar-refractivity contribution in [3.05, 3.63) is 206 Å². The van der Waals surface area contributed by atoms with Crippen LogP contribution in [0.15, 0.2) is 215 Å². The number of rotatable bonds is 4. The van der Waals surface area contributed by atoms with E-state index in [4.69, 9.17) is 8.83 Å². The molecule has 0 aliphatic heterocycles. The van der Waals surface area contributed by atoms with Crippen LogP contribution in [0.2, 0.25) is 0 Å². The van der Waals surface area contributed by atoms with E-state index in [9.17, 15) is 0 Å². The van der Waals surface area contributed by atoms with Crippen molar-refractivity contribution in [2.75, 3.05) is 0 Å². The summed E-state index contributed by atoms with van der Waals surface area (Å²) in [6.45, 7) is 0. The van der Waals surface area contributed by atoms with E-state index in [1.807, 2.05) is 18.2 Å². The van der Waals surface area contributed by atoms with E-state index >= 15 is 0 Å². The largest absolute Gasteiger partial charge is 0.456 e. The van der Waals surface area contributed by atoms with Crippen LogP contribution in [0, 0.1) is 0 Å². The molecule has 0 radical (unpaired) electrons. The Hall–Kier alpha value is -7.94. The van der Waals surface area contributed by atoms with Gasteiger partial charge >= 0.3 is 0 Å². The first-order chi connectivity index (χ1) is 29.7. The van der Waals surface area contributed by atoms with Gasteiger partial charge in [-0.2, -0.15) is 0 Å². The van der Waals surface area contributed by atoms with Gasteiger partial charge in [-0.3, -0.25) is 0 Å². The molecule has 60 heavy (non-hydrogen) atoms. The number of furan rings is 2. The number of fused-ring (bicyclic) bond motifs is 13. The summed E-state index contributed by atoms with van der Waals surface area (Å²) in [6.07, 6.45) is 0. The third-order valence-electron chi connectivity index (χ3n) is 12.6. The van der Waals surface area contributed by atoms with Crippen LogP contribution in [-0.4, -0.2) is 0 Å². The average Bonchev–Trinajstić information content (AvgIpc) is 3.87. The molecule has 0 bridgehead atoms. The molecule has 0 atom stereocenters. The summed E-state index contributed by atoms with van der Waals surface area (Å²) in [7, 11) is 0. The smallest absolute Gasteiger partial charge is 0.136 e. The molecule has 0 aliphatic rings. The average molecular weight is 763 g/mol. The van der Waals surface area contributed by atoms with Gasteiger partial charge in [0.2, 0.25) is 0 Å². The predicted octanol–water partition coefficient (Wildman–Crippen LogP) is 16.8. The summed E-state index contributed by atoms with van der Waals surface area (Å²) in [4.78, 5) is 0. The fraction of sp³-hybridized carbons (Fsp3) is 0. The first-order valence-corrected chi connectivity index (χ1v) is 20.6. The van der Waals surface area contributed by atoms with Gasteiger partial charge in [0, 0.05) is 21.5 Å². The second-order valence-corrected chi connectivity index (χ2v) is 16.0. The minimum Gasteiger partial charge on any atom is -0.456 e. The number of para-hydroxylation sites is 1. The molecular formula is C58H34O2. The minimum absolute atomic E-state index is 0.868. The molecular weight excluding hydrogens is 729 g/mol. The van der Waals surface area contributed by atoms with Gasteiger partial charge in [-0.15, -0.1) is 0 Å². The Bertz CT molecular complexity index is 3870. The maximum atomic E-state index is 6.38. The minimum atomic E-state index is 0.868. The Labute approximate surface area is 345 Å². The van der Waals surface area contributed by atoms with E-state index in [0.29, 0.717) is 0 Å². The van der Waals surface area contributed by atoms with E-state index in [0.717, 1.165) is 55.0 Å². The Morgan fingerprint density at radius 1 is 0.200 bits per heavy atom. The van der Waals surface area contributed by atoms with Crippen molar-refractivity contribution in [3.63, 3.8) is 0 Å². The standard InChI is InChI=1S/C58H34O2/c1-2-16-43-35(10-1)11-9-20-44(43)42-23-26-48-47-25-22-40(30-50(47)45-17-3-4-18-46(45)51(48)32-42)38-14-7-12-36(28-38)37-13-8-15-39(29-37)41-24-27-56-52(31-41)54-34-57-53(33-58(54)60-56)49-19-5-6-21-55(49)59-57/h1-34H. The maximum Gasteiger partial charge on any atom is 0.136 e. The van der Waals surface area contributed by atoms with E-state index < -0.39 is 0 Å². The van der Waals surface area contributed by atoms with E-state index in [-0.39, 0.29) is 0 Å². The molecule has 2 aromatic heterocycles. The van der Waals surface area contributed by atoms with Gasteiger partial charge in [0.1, 0.15) is 22.3 Å². The molecule has 2 heteroatoms. The second kappa shape index (κ2) is 12.8. The molecule has 11 aromatic carbocycles. The molecule has 13 rings (SSSR count). The van der Waals surface area contributed by atoms with Crippen LogP contribution in [-0.2, 0) is 0 Å². The Balaban J connectivity index is 0.880. The zero-order valence-corrected chi connectivity index (χ0v) is 32.4. The van der Waals surface area contributed by atoms with Crippen LogP contribution in [0.25, 0.3) is 131 Å². The van der Waals surface area contributed by atoms with Gasteiger partial charge in [0.15, 0.2) is 0 Å². The van der Waals surface area contributed by atoms with Crippen LogP contribution in [0.4, 0.5) is 0 Å². The number of benzene rings is 11. The van der Waals surface area contributed by atoms with Crippen molar-refractivity contribution in [3.8, 4) is 44.5 Å². The molecule has 0 amide bonds. The fourth-order valence-corrected chi connectivity index (χ4v) is 9.71. The highest BCUT2D eigenvalue weighted by molar-refractivity contribution is 6.26. The predicted molar refractivity (Wildman–Crippen MR) is 253 cm³/mol. The van der Waals surface area contributed by atoms with Crippen molar-refractivity contribution in [1.29, 1.82) is 0 Å². The first-order valence-electron chi connectivity index (χ1n) is 20.6. The van der Waals surface area contributed by atoms with Crippen molar-refractivity contribution >= 4 is 87.0 Å². The highest BCUT2D eigenvalue weighted by atomic mass is 16.3. The van der Waals surface area contributed by atoms with Gasteiger partial charge in [-0.1, -0.05) is 152 Å². The summed E-state index contributed by atoms with van der Waals surface area (Å²) < 4.78 is 12.6. The molecule has 0 aliphatic carbocycles. The van der Waals surface area contributed by atoms with Crippen molar-refractivity contribution < 1.29 is 8.83 Å². The van der Waals surface area contributed by atoms with Gasteiger partial charge in [-0.05, 0) is 142 Å². The quantitative estimate of drug-likeness (QED) is 0.167. The zero-order chi connectivity index (χ0) is 39.3. The van der Waals surface area contributed by atoms with Crippen molar-refractivity contribution in [2.24, 2.45) is 0 Å². The first kappa shape index (κ1) is 33.1. The van der Waals surface area contributed by atoms with E-state index in [2.05, 4.69) is 188 Å². The van der Waals surface area contributed by atoms with Crippen LogP contribution in [0.1, 0.15) is 0 Å². The lowest BCUT2D eigenvalue weighted by atomic mass is 9.89. The van der Waals surface area contributed by atoms with Crippen LogP contribution >= 0.6 is 0 Å². The van der Waals surface area contributed by atoms with Gasteiger partial charge in [-0.25, -0.2) is 0 Å². The molecule has 0 saturated carbocycles. The second-order valence-electron chi connectivity index (χ2n) is 16.0. The lowest BCUT2D eigenvalue weighted by molar-refractivity contribution is 0.664. The third-order valence-corrected chi connectivity index (χ3v) is 12.6. The lowest BCUT2D eigenvalue weighted by Crippen LogP contribution is -1.87. The topological polar surface area (TPSA) is 26.3 Å². The fourth-order valence-electron chi connectivity index (χ4n) is 9.71. The van der Waals surface area contributed by atoms with Gasteiger partial charge in [0.25, 0.3) is 0 Å². The summed E-state index contributed by atoms with van der Waals surface area (Å²) >= 11 is 0. The third kappa shape index (κ3) is 5.08. The number of hydrogen-bond donors (Lipinski definition) is 0. The Kier molecular flexibility index (Phi) is 7.05. The van der Waals surface area contributed by atoms with E-state index in [1.54, 1.807) is 0 Å². The molecule has 0 fully saturated rings. The summed E-state index contributed by atoms with van der Waals surface area (Å²) in [5, 5.41) is 14.5. The molecule has 2 heterocycles. The Morgan fingerprint density at radius 3 is 1.28 bits per heavy atom. The van der Waals surface area contributed by atoms with Gasteiger partial charge in [0.05, 0.1) is 0 Å². The van der Waals surface area contributed by atoms with Crippen LogP contribution < -0.4 is 0 Å². The Morgan fingerprint density at radius 2 is 0.617 bits per heavy atom. The molecule has 0 unspecified atom stereocenters. The molecule has 0 N–H and O–H groups in total. The molecule has 0 spiro atoms. The molecule has 2 nitrogen and oxygen atoms in total. The van der Waals surface area contributed by atoms with Crippen molar-refractivity contribution in [2.45, 2.75) is 0 Å². The van der Waals surface area contributed by atoms with Crippen molar-refractivity contribution in [1.82, 2.24) is 0 Å².